The molecule has 0 aliphatic heterocycles. The maximum atomic E-state index is 5.97. The van der Waals surface area contributed by atoms with Gasteiger partial charge in [-0.2, -0.15) is 0 Å². The van der Waals surface area contributed by atoms with E-state index in [1.54, 1.807) is 6.07 Å². The molecule has 0 fully saturated rings. The lowest BCUT2D eigenvalue weighted by molar-refractivity contribution is 0.962. The molecule has 0 heterocycles. The van der Waals surface area contributed by atoms with Crippen LogP contribution in [0.25, 0.3) is 6.08 Å². The van der Waals surface area contributed by atoms with Crippen LogP contribution in [0.5, 0.6) is 0 Å². The van der Waals surface area contributed by atoms with Crippen molar-refractivity contribution in [3.8, 4) is 0 Å². The summed E-state index contributed by atoms with van der Waals surface area (Å²) in [5.41, 5.74) is 1.03. The Morgan fingerprint density at radius 1 is 1.31 bits per heavy atom. The van der Waals surface area contributed by atoms with Gasteiger partial charge in [0.05, 0.1) is 0 Å². The Morgan fingerprint density at radius 2 is 2.08 bits per heavy atom. The van der Waals surface area contributed by atoms with Crippen molar-refractivity contribution in [1.29, 1.82) is 0 Å². The lowest BCUT2D eigenvalue weighted by Gasteiger charge is -1.97. The minimum absolute atomic E-state index is 0.678. The standard InChI is InChI=1S/C11H12Cl2/c1-2-3-4-5-9-6-7-10(12)8-11(9)13/h4-8H,2-3H2,1H3. The van der Waals surface area contributed by atoms with Crippen LogP contribution in [-0.2, 0) is 0 Å². The fourth-order valence-corrected chi connectivity index (χ4v) is 1.49. The largest absolute Gasteiger partial charge is 0.0843 e. The van der Waals surface area contributed by atoms with E-state index in [-0.39, 0.29) is 0 Å². The van der Waals surface area contributed by atoms with Crippen LogP contribution >= 0.6 is 23.2 Å². The fourth-order valence-electron chi connectivity index (χ4n) is 1.01. The molecule has 0 bridgehead atoms. The van der Waals surface area contributed by atoms with E-state index in [1.807, 2.05) is 18.2 Å². The van der Waals surface area contributed by atoms with Crippen molar-refractivity contribution in [3.63, 3.8) is 0 Å². The van der Waals surface area contributed by atoms with Gasteiger partial charge in [0.25, 0.3) is 0 Å². The zero-order valence-corrected chi connectivity index (χ0v) is 9.07. The second kappa shape index (κ2) is 5.31. The van der Waals surface area contributed by atoms with Crippen molar-refractivity contribution >= 4 is 29.3 Å². The van der Waals surface area contributed by atoms with Crippen molar-refractivity contribution in [3.05, 3.63) is 39.9 Å². The molecule has 0 spiro atoms. The number of unbranched alkanes of at least 4 members (excludes halogenated alkanes) is 1. The van der Waals surface area contributed by atoms with Crippen LogP contribution < -0.4 is 0 Å². The molecule has 0 saturated carbocycles. The molecule has 1 aromatic carbocycles. The van der Waals surface area contributed by atoms with Gasteiger partial charge >= 0.3 is 0 Å². The van der Waals surface area contributed by atoms with Gasteiger partial charge in [-0.05, 0) is 24.1 Å². The van der Waals surface area contributed by atoms with Crippen LogP contribution in [0.3, 0.4) is 0 Å². The van der Waals surface area contributed by atoms with Gasteiger partial charge in [-0.15, -0.1) is 0 Å². The van der Waals surface area contributed by atoms with E-state index < -0.39 is 0 Å². The van der Waals surface area contributed by atoms with Crippen LogP contribution in [0, 0.1) is 0 Å². The molecule has 1 rings (SSSR count). The first-order valence-electron chi connectivity index (χ1n) is 4.35. The molecule has 0 aliphatic carbocycles. The van der Waals surface area contributed by atoms with Gasteiger partial charge < -0.3 is 0 Å². The van der Waals surface area contributed by atoms with Crippen LogP contribution in [0.1, 0.15) is 25.3 Å². The van der Waals surface area contributed by atoms with Gasteiger partial charge in [0.2, 0.25) is 0 Å². The summed E-state index contributed by atoms with van der Waals surface area (Å²) in [7, 11) is 0. The summed E-state index contributed by atoms with van der Waals surface area (Å²) in [6.07, 6.45) is 6.39. The lowest BCUT2D eigenvalue weighted by atomic mass is 10.2. The average molecular weight is 215 g/mol. The van der Waals surface area contributed by atoms with Gasteiger partial charge in [-0.1, -0.05) is 54.8 Å². The molecule has 0 atom stereocenters. The maximum Gasteiger partial charge on any atom is 0.0493 e. The first-order chi connectivity index (χ1) is 6.24. The van der Waals surface area contributed by atoms with E-state index >= 15 is 0 Å². The Hall–Kier alpha value is -0.460. The third-order valence-corrected chi connectivity index (χ3v) is 2.28. The summed E-state index contributed by atoms with van der Waals surface area (Å²) in [6, 6.07) is 5.53. The van der Waals surface area contributed by atoms with E-state index in [9.17, 15) is 0 Å². The third-order valence-electron chi connectivity index (χ3n) is 1.72. The van der Waals surface area contributed by atoms with Crippen molar-refractivity contribution in [1.82, 2.24) is 0 Å². The van der Waals surface area contributed by atoms with E-state index in [1.165, 1.54) is 0 Å². The SMILES string of the molecule is CCCC=Cc1ccc(Cl)cc1Cl. The summed E-state index contributed by atoms with van der Waals surface area (Å²) in [6.45, 7) is 2.15. The van der Waals surface area contributed by atoms with Crippen molar-refractivity contribution < 1.29 is 0 Å². The Bertz CT molecular complexity index is 303. The number of rotatable bonds is 3. The Kier molecular flexibility index (Phi) is 4.34. The monoisotopic (exact) mass is 214 g/mol. The molecule has 1 aromatic rings. The molecule has 70 valence electrons. The maximum absolute atomic E-state index is 5.97. The van der Waals surface area contributed by atoms with Crippen LogP contribution in [0.4, 0.5) is 0 Å². The molecule has 0 aromatic heterocycles. The number of hydrogen-bond donors (Lipinski definition) is 0. The Labute approximate surface area is 89.2 Å². The van der Waals surface area contributed by atoms with Gasteiger partial charge in [-0.3, -0.25) is 0 Å². The number of benzene rings is 1. The third kappa shape index (κ3) is 3.41. The van der Waals surface area contributed by atoms with E-state index in [0.717, 1.165) is 18.4 Å². The fraction of sp³-hybridized carbons (Fsp3) is 0.273. The topological polar surface area (TPSA) is 0 Å². The van der Waals surface area contributed by atoms with Crippen molar-refractivity contribution in [2.75, 3.05) is 0 Å². The molecule has 0 nitrogen and oxygen atoms in total. The first kappa shape index (κ1) is 10.6. The first-order valence-corrected chi connectivity index (χ1v) is 5.11. The van der Waals surface area contributed by atoms with E-state index in [0.29, 0.717) is 10.0 Å². The van der Waals surface area contributed by atoms with Gasteiger partial charge in [0.1, 0.15) is 0 Å². The van der Waals surface area contributed by atoms with Gasteiger partial charge in [0, 0.05) is 10.0 Å². The Balaban J connectivity index is 2.77. The molecule has 0 N–H and O–H groups in total. The highest BCUT2D eigenvalue weighted by Gasteiger charge is 1.96. The second-order valence-corrected chi connectivity index (χ2v) is 3.70. The highest BCUT2D eigenvalue weighted by atomic mass is 35.5. The molecular formula is C11H12Cl2. The summed E-state index contributed by atoms with van der Waals surface area (Å²) in [5, 5.41) is 1.39. The molecule has 0 radical (unpaired) electrons. The summed E-state index contributed by atoms with van der Waals surface area (Å²) < 4.78 is 0. The molecule has 0 aliphatic rings. The smallest absolute Gasteiger partial charge is 0.0493 e. The molecule has 0 saturated heterocycles. The number of allylic oxidation sites excluding steroid dienone is 1. The normalized spacial score (nSPS) is 11.0. The zero-order valence-electron chi connectivity index (χ0n) is 7.56. The lowest BCUT2D eigenvalue weighted by Crippen LogP contribution is -1.74. The zero-order chi connectivity index (χ0) is 9.68. The highest BCUT2D eigenvalue weighted by molar-refractivity contribution is 6.35. The molecule has 13 heavy (non-hydrogen) atoms. The average Bonchev–Trinajstić information content (AvgIpc) is 2.09. The minimum Gasteiger partial charge on any atom is -0.0843 e. The van der Waals surface area contributed by atoms with E-state index in [2.05, 4.69) is 13.0 Å². The number of hydrogen-bond acceptors (Lipinski definition) is 0. The predicted molar refractivity (Wildman–Crippen MR) is 60.4 cm³/mol. The summed E-state index contributed by atoms with van der Waals surface area (Å²) >= 11 is 11.7. The van der Waals surface area contributed by atoms with E-state index in [4.69, 9.17) is 23.2 Å². The minimum atomic E-state index is 0.678. The van der Waals surface area contributed by atoms with Crippen LogP contribution in [-0.4, -0.2) is 0 Å². The molecule has 2 heteroatoms. The van der Waals surface area contributed by atoms with Crippen LogP contribution in [0.15, 0.2) is 24.3 Å². The summed E-state index contributed by atoms with van der Waals surface area (Å²) in [5.74, 6) is 0. The number of halogens is 2. The van der Waals surface area contributed by atoms with Gasteiger partial charge in [0.15, 0.2) is 0 Å². The highest BCUT2D eigenvalue weighted by Crippen LogP contribution is 2.22. The predicted octanol–water partition coefficient (Wildman–Crippen LogP) is 4.81. The van der Waals surface area contributed by atoms with Crippen LogP contribution in [0.2, 0.25) is 10.0 Å². The second-order valence-electron chi connectivity index (χ2n) is 2.86. The molecule has 0 amide bonds. The van der Waals surface area contributed by atoms with Crippen molar-refractivity contribution in [2.45, 2.75) is 19.8 Å². The summed E-state index contributed by atoms with van der Waals surface area (Å²) in [4.78, 5) is 0. The molecular weight excluding hydrogens is 203 g/mol. The quantitative estimate of drug-likeness (QED) is 0.678. The Morgan fingerprint density at radius 3 is 2.69 bits per heavy atom. The van der Waals surface area contributed by atoms with Gasteiger partial charge in [-0.25, -0.2) is 0 Å². The van der Waals surface area contributed by atoms with Crippen molar-refractivity contribution in [2.24, 2.45) is 0 Å². The molecule has 0 unspecified atom stereocenters.